The summed E-state index contributed by atoms with van der Waals surface area (Å²) in [6, 6.07) is 10.2. The summed E-state index contributed by atoms with van der Waals surface area (Å²) in [6.07, 6.45) is 6.05. The van der Waals surface area contributed by atoms with Crippen molar-refractivity contribution in [1.29, 1.82) is 0 Å². The Morgan fingerprint density at radius 3 is 2.61 bits per heavy atom. The first-order chi connectivity index (χ1) is 13.7. The van der Waals surface area contributed by atoms with Gasteiger partial charge in [0, 0.05) is 24.8 Å². The Kier molecular flexibility index (Phi) is 6.02. The standard InChI is InChI=1S/C21H27N5OS/c1-2-18-13-19(27)26-21(23-18)28-20(24-26)22-14-16-9-5-6-10-17(16)15-25-11-7-3-4-8-12-25/h5-6,9-10,13H,2-4,7-8,11-12,14-15H2,1H3,(H,22,24). The zero-order valence-electron chi connectivity index (χ0n) is 16.4. The van der Waals surface area contributed by atoms with Crippen molar-refractivity contribution in [3.8, 4) is 0 Å². The lowest BCUT2D eigenvalue weighted by Crippen LogP contribution is -2.24. The molecule has 148 valence electrons. The zero-order chi connectivity index (χ0) is 19.3. The molecule has 28 heavy (non-hydrogen) atoms. The summed E-state index contributed by atoms with van der Waals surface area (Å²) in [6.45, 7) is 6.07. The van der Waals surface area contributed by atoms with E-state index in [1.165, 1.54) is 65.8 Å². The third kappa shape index (κ3) is 4.42. The quantitative estimate of drug-likeness (QED) is 0.687. The van der Waals surface area contributed by atoms with Crippen molar-refractivity contribution in [3.63, 3.8) is 0 Å². The van der Waals surface area contributed by atoms with Gasteiger partial charge in [-0.1, -0.05) is 55.4 Å². The number of rotatable bonds is 6. The molecule has 2 aromatic heterocycles. The largest absolute Gasteiger partial charge is 0.356 e. The number of anilines is 1. The van der Waals surface area contributed by atoms with Gasteiger partial charge in [-0.3, -0.25) is 9.69 Å². The molecule has 1 aliphatic rings. The maximum absolute atomic E-state index is 12.2. The van der Waals surface area contributed by atoms with Gasteiger partial charge in [0.2, 0.25) is 10.1 Å². The van der Waals surface area contributed by atoms with E-state index in [0.29, 0.717) is 11.5 Å². The molecule has 3 heterocycles. The van der Waals surface area contributed by atoms with Gasteiger partial charge in [0.05, 0.1) is 0 Å². The fourth-order valence-electron chi connectivity index (χ4n) is 3.70. The third-order valence-corrected chi connectivity index (χ3v) is 6.17. The minimum absolute atomic E-state index is 0.118. The van der Waals surface area contributed by atoms with Gasteiger partial charge in [0.1, 0.15) is 0 Å². The van der Waals surface area contributed by atoms with Crippen molar-refractivity contribution in [2.24, 2.45) is 0 Å². The highest BCUT2D eigenvalue weighted by Crippen LogP contribution is 2.20. The lowest BCUT2D eigenvalue weighted by molar-refractivity contribution is 0.276. The van der Waals surface area contributed by atoms with Crippen LogP contribution in [0.25, 0.3) is 4.96 Å². The lowest BCUT2D eigenvalue weighted by Gasteiger charge is -2.21. The molecule has 0 bridgehead atoms. The second-order valence-corrected chi connectivity index (χ2v) is 8.31. The third-order valence-electron chi connectivity index (χ3n) is 5.30. The molecule has 0 amide bonds. The Labute approximate surface area is 169 Å². The van der Waals surface area contributed by atoms with Crippen LogP contribution in [-0.4, -0.2) is 32.6 Å². The number of nitrogens with zero attached hydrogens (tertiary/aromatic N) is 4. The molecule has 0 aliphatic carbocycles. The fourth-order valence-corrected chi connectivity index (χ4v) is 4.52. The Hall–Kier alpha value is -2.25. The van der Waals surface area contributed by atoms with E-state index in [0.717, 1.165) is 23.8 Å². The minimum Gasteiger partial charge on any atom is -0.356 e. The first-order valence-corrected chi connectivity index (χ1v) is 11.0. The van der Waals surface area contributed by atoms with Gasteiger partial charge >= 0.3 is 0 Å². The minimum atomic E-state index is -0.118. The van der Waals surface area contributed by atoms with Gasteiger partial charge in [-0.25, -0.2) is 4.98 Å². The Morgan fingerprint density at radius 2 is 1.86 bits per heavy atom. The van der Waals surface area contributed by atoms with Crippen LogP contribution in [0.1, 0.15) is 49.4 Å². The van der Waals surface area contributed by atoms with Crippen LogP contribution in [0.2, 0.25) is 0 Å². The van der Waals surface area contributed by atoms with Crippen LogP contribution >= 0.6 is 11.3 Å². The molecule has 0 radical (unpaired) electrons. The number of aromatic nitrogens is 3. The number of likely N-dealkylation sites (tertiary alicyclic amines) is 1. The van der Waals surface area contributed by atoms with Crippen LogP contribution in [0.15, 0.2) is 35.1 Å². The molecule has 1 aliphatic heterocycles. The molecule has 0 atom stereocenters. The highest BCUT2D eigenvalue weighted by molar-refractivity contribution is 7.20. The van der Waals surface area contributed by atoms with Crippen LogP contribution < -0.4 is 10.9 Å². The molecule has 1 saturated heterocycles. The Balaban J connectivity index is 1.48. The molecule has 1 N–H and O–H groups in total. The van der Waals surface area contributed by atoms with Crippen LogP contribution in [-0.2, 0) is 19.5 Å². The Bertz CT molecular complexity index is 988. The van der Waals surface area contributed by atoms with Crippen molar-refractivity contribution >= 4 is 21.4 Å². The molecular weight excluding hydrogens is 370 g/mol. The van der Waals surface area contributed by atoms with Gasteiger partial charge in [0.25, 0.3) is 5.56 Å². The first kappa shape index (κ1) is 19.1. The summed E-state index contributed by atoms with van der Waals surface area (Å²) < 4.78 is 1.38. The smallest absolute Gasteiger partial charge is 0.275 e. The predicted octanol–water partition coefficient (Wildman–Crippen LogP) is 3.70. The summed E-state index contributed by atoms with van der Waals surface area (Å²) in [5.41, 5.74) is 3.33. The molecule has 3 aromatic rings. The van der Waals surface area contributed by atoms with Crippen molar-refractivity contribution in [2.75, 3.05) is 18.4 Å². The number of fused-ring (bicyclic) bond motifs is 1. The average molecular weight is 398 g/mol. The van der Waals surface area contributed by atoms with Crippen molar-refractivity contribution in [2.45, 2.75) is 52.1 Å². The summed E-state index contributed by atoms with van der Waals surface area (Å²) in [4.78, 5) is 19.9. The Morgan fingerprint density at radius 1 is 1.11 bits per heavy atom. The monoisotopic (exact) mass is 397 g/mol. The van der Waals surface area contributed by atoms with Gasteiger partial charge in [-0.2, -0.15) is 4.52 Å². The number of nitrogens with one attached hydrogen (secondary N) is 1. The number of hydrogen-bond donors (Lipinski definition) is 1. The number of benzene rings is 1. The average Bonchev–Trinajstić information content (AvgIpc) is 2.95. The van der Waals surface area contributed by atoms with Crippen LogP contribution in [0.4, 0.5) is 5.13 Å². The molecule has 0 unspecified atom stereocenters. The van der Waals surface area contributed by atoms with Crippen molar-refractivity contribution in [3.05, 3.63) is 57.5 Å². The summed E-state index contributed by atoms with van der Waals surface area (Å²) in [5, 5.41) is 8.52. The molecule has 1 fully saturated rings. The molecule has 7 heteroatoms. The van der Waals surface area contributed by atoms with E-state index in [4.69, 9.17) is 0 Å². The summed E-state index contributed by atoms with van der Waals surface area (Å²) in [7, 11) is 0. The molecular formula is C21H27N5OS. The van der Waals surface area contributed by atoms with Gasteiger partial charge < -0.3 is 5.32 Å². The normalized spacial score (nSPS) is 15.6. The highest BCUT2D eigenvalue weighted by atomic mass is 32.1. The van der Waals surface area contributed by atoms with Crippen LogP contribution in [0.3, 0.4) is 0 Å². The van der Waals surface area contributed by atoms with E-state index in [9.17, 15) is 4.79 Å². The SMILES string of the molecule is CCc1cc(=O)n2nc(NCc3ccccc3CN3CCCCCC3)sc2n1. The van der Waals surface area contributed by atoms with E-state index in [2.05, 4.69) is 44.6 Å². The van der Waals surface area contributed by atoms with Gasteiger partial charge in [-0.05, 0) is 43.5 Å². The van der Waals surface area contributed by atoms with E-state index >= 15 is 0 Å². The maximum Gasteiger partial charge on any atom is 0.275 e. The van der Waals surface area contributed by atoms with E-state index in [-0.39, 0.29) is 5.56 Å². The van der Waals surface area contributed by atoms with E-state index in [1.807, 2.05) is 6.92 Å². The second-order valence-electron chi connectivity index (χ2n) is 7.35. The number of hydrogen-bond acceptors (Lipinski definition) is 6. The summed E-state index contributed by atoms with van der Waals surface area (Å²) >= 11 is 1.42. The van der Waals surface area contributed by atoms with E-state index in [1.54, 1.807) is 6.07 Å². The molecule has 6 nitrogen and oxygen atoms in total. The van der Waals surface area contributed by atoms with Crippen molar-refractivity contribution in [1.82, 2.24) is 19.5 Å². The second kappa shape index (κ2) is 8.84. The molecule has 4 rings (SSSR count). The zero-order valence-corrected chi connectivity index (χ0v) is 17.2. The maximum atomic E-state index is 12.2. The predicted molar refractivity (Wildman–Crippen MR) is 114 cm³/mol. The lowest BCUT2D eigenvalue weighted by atomic mass is 10.1. The highest BCUT2D eigenvalue weighted by Gasteiger charge is 2.13. The summed E-state index contributed by atoms with van der Waals surface area (Å²) in [5.74, 6) is 0. The van der Waals surface area contributed by atoms with Crippen LogP contribution in [0, 0.1) is 0 Å². The molecule has 1 aromatic carbocycles. The van der Waals surface area contributed by atoms with Crippen LogP contribution in [0.5, 0.6) is 0 Å². The first-order valence-electron chi connectivity index (χ1n) is 10.2. The number of aryl methyl sites for hydroxylation is 1. The topological polar surface area (TPSA) is 62.5 Å². The van der Waals surface area contributed by atoms with Gasteiger partial charge in [-0.15, -0.1) is 5.10 Å². The van der Waals surface area contributed by atoms with Crippen molar-refractivity contribution < 1.29 is 0 Å². The van der Waals surface area contributed by atoms with Gasteiger partial charge in [0.15, 0.2) is 0 Å². The fraction of sp³-hybridized carbons (Fsp3) is 0.476. The molecule has 0 spiro atoms. The molecule has 0 saturated carbocycles. The van der Waals surface area contributed by atoms with E-state index < -0.39 is 0 Å².